The second-order valence-electron chi connectivity index (χ2n) is 7.69. The Hall–Kier alpha value is -0.810. The summed E-state index contributed by atoms with van der Waals surface area (Å²) < 4.78 is 0. The zero-order chi connectivity index (χ0) is 14.5. The molecule has 22 heavy (non-hydrogen) atoms. The van der Waals surface area contributed by atoms with Crippen LogP contribution in [0.1, 0.15) is 38.5 Å². The molecule has 6 heteroatoms. The van der Waals surface area contributed by atoms with Crippen LogP contribution in [-0.2, 0) is 9.59 Å². The molecule has 2 amide bonds. The first kappa shape index (κ1) is 16.1. The number of halogens is 1. The van der Waals surface area contributed by atoms with E-state index in [1.807, 2.05) is 0 Å². The molecule has 4 fully saturated rings. The van der Waals surface area contributed by atoms with Crippen LogP contribution >= 0.6 is 12.4 Å². The first-order chi connectivity index (χ1) is 10.1. The lowest BCUT2D eigenvalue weighted by atomic mass is 9.79. The maximum absolute atomic E-state index is 12.9. The van der Waals surface area contributed by atoms with Gasteiger partial charge >= 0.3 is 0 Å². The molecule has 0 aromatic heterocycles. The number of amides is 2. The van der Waals surface area contributed by atoms with Crippen LogP contribution in [0.5, 0.6) is 0 Å². The van der Waals surface area contributed by atoms with Gasteiger partial charge in [0.05, 0.1) is 0 Å². The third-order valence-corrected chi connectivity index (χ3v) is 6.26. The number of nitrogens with zero attached hydrogens (tertiary/aromatic N) is 1. The van der Waals surface area contributed by atoms with Crippen molar-refractivity contribution >= 4 is 24.2 Å². The molecule has 124 valence electrons. The smallest absolute Gasteiger partial charge is 0.226 e. The van der Waals surface area contributed by atoms with Crippen molar-refractivity contribution in [1.29, 1.82) is 0 Å². The second-order valence-corrected chi connectivity index (χ2v) is 7.69. The standard InChI is InChI=1S/C16H25N3O2.ClH/c20-13-9-15(10-18-13)2-1-7-19(11-15)14(21)12-8-16(12)3-5-17-6-4-16;/h12,17H,1-11H2,(H,18,20);1H. The first-order valence-electron chi connectivity index (χ1n) is 8.39. The predicted octanol–water partition coefficient (Wildman–Crippen LogP) is 0.927. The summed E-state index contributed by atoms with van der Waals surface area (Å²) in [6.45, 7) is 4.56. The minimum atomic E-state index is 0. The SMILES string of the molecule is Cl.O=C1CC2(CCCN(C(=O)C3CC34CCNCC4)C2)CN1. The van der Waals surface area contributed by atoms with Crippen LogP contribution in [0.4, 0.5) is 0 Å². The number of likely N-dealkylation sites (tertiary alicyclic amines) is 1. The van der Waals surface area contributed by atoms with E-state index in [0.29, 0.717) is 17.7 Å². The van der Waals surface area contributed by atoms with Crippen LogP contribution in [0.15, 0.2) is 0 Å². The van der Waals surface area contributed by atoms with Crippen molar-refractivity contribution in [3.8, 4) is 0 Å². The average Bonchev–Trinajstić information content (AvgIpc) is 3.06. The van der Waals surface area contributed by atoms with Gasteiger partial charge in [0.1, 0.15) is 0 Å². The van der Waals surface area contributed by atoms with Crippen molar-refractivity contribution in [3.63, 3.8) is 0 Å². The lowest BCUT2D eigenvalue weighted by Crippen LogP contribution is -2.48. The summed E-state index contributed by atoms with van der Waals surface area (Å²) in [4.78, 5) is 26.5. The quantitative estimate of drug-likeness (QED) is 0.753. The molecule has 0 aromatic rings. The molecule has 2 atom stereocenters. The van der Waals surface area contributed by atoms with Gasteiger partial charge in [0.25, 0.3) is 0 Å². The van der Waals surface area contributed by atoms with E-state index in [9.17, 15) is 9.59 Å². The molecule has 0 aromatic carbocycles. The number of carbonyl (C=O) groups is 2. The van der Waals surface area contributed by atoms with Gasteiger partial charge in [-0.05, 0) is 50.6 Å². The van der Waals surface area contributed by atoms with E-state index in [4.69, 9.17) is 0 Å². The lowest BCUT2D eigenvalue weighted by Gasteiger charge is -2.40. The van der Waals surface area contributed by atoms with Crippen LogP contribution < -0.4 is 10.6 Å². The van der Waals surface area contributed by atoms with Crippen LogP contribution in [-0.4, -0.2) is 49.4 Å². The van der Waals surface area contributed by atoms with E-state index >= 15 is 0 Å². The van der Waals surface area contributed by atoms with Crippen LogP contribution in [0, 0.1) is 16.7 Å². The largest absolute Gasteiger partial charge is 0.355 e. The molecule has 3 heterocycles. The maximum atomic E-state index is 12.9. The summed E-state index contributed by atoms with van der Waals surface area (Å²) >= 11 is 0. The molecule has 2 spiro atoms. The number of rotatable bonds is 1. The van der Waals surface area contributed by atoms with E-state index in [0.717, 1.165) is 64.8 Å². The Kier molecular flexibility index (Phi) is 4.14. The topological polar surface area (TPSA) is 61.4 Å². The minimum Gasteiger partial charge on any atom is -0.355 e. The van der Waals surface area contributed by atoms with E-state index in [-0.39, 0.29) is 29.6 Å². The van der Waals surface area contributed by atoms with E-state index in [1.165, 1.54) is 0 Å². The Bertz CT molecular complexity index is 478. The zero-order valence-electron chi connectivity index (χ0n) is 13.0. The van der Waals surface area contributed by atoms with Crippen molar-refractivity contribution in [2.24, 2.45) is 16.7 Å². The van der Waals surface area contributed by atoms with Gasteiger partial charge in [-0.25, -0.2) is 0 Å². The molecule has 0 radical (unpaired) electrons. The Morgan fingerprint density at radius 2 is 2.00 bits per heavy atom. The summed E-state index contributed by atoms with van der Waals surface area (Å²) in [6, 6.07) is 0. The fourth-order valence-electron chi connectivity index (χ4n) is 4.83. The van der Waals surface area contributed by atoms with Crippen molar-refractivity contribution in [2.75, 3.05) is 32.7 Å². The molecule has 4 aliphatic rings. The Morgan fingerprint density at radius 3 is 2.68 bits per heavy atom. The van der Waals surface area contributed by atoms with Gasteiger partial charge in [-0.1, -0.05) is 0 Å². The Balaban J connectivity index is 0.00000144. The van der Waals surface area contributed by atoms with Crippen molar-refractivity contribution in [3.05, 3.63) is 0 Å². The van der Waals surface area contributed by atoms with Crippen LogP contribution in [0.3, 0.4) is 0 Å². The van der Waals surface area contributed by atoms with Crippen molar-refractivity contribution in [2.45, 2.75) is 38.5 Å². The van der Waals surface area contributed by atoms with E-state index in [2.05, 4.69) is 15.5 Å². The highest BCUT2D eigenvalue weighted by molar-refractivity contribution is 5.85. The fraction of sp³-hybridized carbons (Fsp3) is 0.875. The van der Waals surface area contributed by atoms with Gasteiger partial charge in [0.2, 0.25) is 11.8 Å². The highest BCUT2D eigenvalue weighted by Crippen LogP contribution is 2.59. The van der Waals surface area contributed by atoms with E-state index < -0.39 is 0 Å². The Morgan fingerprint density at radius 1 is 1.23 bits per heavy atom. The molecule has 1 aliphatic carbocycles. The van der Waals surface area contributed by atoms with Crippen LogP contribution in [0.2, 0.25) is 0 Å². The maximum Gasteiger partial charge on any atom is 0.226 e. The summed E-state index contributed by atoms with van der Waals surface area (Å²) in [7, 11) is 0. The molecular weight excluding hydrogens is 302 g/mol. The molecule has 4 rings (SSSR count). The van der Waals surface area contributed by atoms with Gasteiger partial charge in [0.15, 0.2) is 0 Å². The summed E-state index contributed by atoms with van der Waals surface area (Å²) in [5.74, 6) is 0.792. The van der Waals surface area contributed by atoms with Gasteiger partial charge in [-0.2, -0.15) is 0 Å². The second kappa shape index (κ2) is 5.68. The Labute approximate surface area is 138 Å². The molecule has 3 saturated heterocycles. The number of piperidine rings is 2. The number of hydrogen-bond donors (Lipinski definition) is 2. The fourth-order valence-corrected chi connectivity index (χ4v) is 4.83. The van der Waals surface area contributed by atoms with Gasteiger partial charge in [-0.3, -0.25) is 9.59 Å². The molecule has 1 saturated carbocycles. The van der Waals surface area contributed by atoms with Gasteiger partial charge in [0, 0.05) is 37.4 Å². The minimum absolute atomic E-state index is 0. The first-order valence-corrected chi connectivity index (χ1v) is 8.39. The van der Waals surface area contributed by atoms with Crippen molar-refractivity contribution in [1.82, 2.24) is 15.5 Å². The summed E-state index contributed by atoms with van der Waals surface area (Å²) in [6.07, 6.45) is 6.13. The molecule has 5 nitrogen and oxygen atoms in total. The average molecular weight is 328 g/mol. The molecule has 0 bridgehead atoms. The monoisotopic (exact) mass is 327 g/mol. The highest BCUT2D eigenvalue weighted by atomic mass is 35.5. The third kappa shape index (κ3) is 2.62. The molecular formula is C16H26ClN3O2. The predicted molar refractivity (Wildman–Crippen MR) is 85.8 cm³/mol. The van der Waals surface area contributed by atoms with Crippen LogP contribution in [0.25, 0.3) is 0 Å². The summed E-state index contributed by atoms with van der Waals surface area (Å²) in [5.41, 5.74) is 0.345. The van der Waals surface area contributed by atoms with E-state index in [1.54, 1.807) is 0 Å². The molecule has 2 unspecified atom stereocenters. The van der Waals surface area contributed by atoms with Gasteiger partial charge < -0.3 is 15.5 Å². The summed E-state index contributed by atoms with van der Waals surface area (Å²) in [5, 5.41) is 6.35. The number of nitrogens with one attached hydrogen (secondary N) is 2. The number of hydrogen-bond acceptors (Lipinski definition) is 3. The normalized spacial score (nSPS) is 36.1. The zero-order valence-corrected chi connectivity index (χ0v) is 13.8. The van der Waals surface area contributed by atoms with Crippen molar-refractivity contribution < 1.29 is 9.59 Å². The molecule has 3 aliphatic heterocycles. The molecule has 2 N–H and O–H groups in total. The highest BCUT2D eigenvalue weighted by Gasteiger charge is 2.59. The lowest BCUT2D eigenvalue weighted by molar-refractivity contribution is -0.137. The van der Waals surface area contributed by atoms with Gasteiger partial charge in [-0.15, -0.1) is 12.4 Å². The third-order valence-electron chi connectivity index (χ3n) is 6.26. The number of carbonyl (C=O) groups excluding carboxylic acids is 2.